The van der Waals surface area contributed by atoms with Crippen LogP contribution in [0, 0.1) is 10.1 Å². The minimum atomic E-state index is -3.95. The summed E-state index contributed by atoms with van der Waals surface area (Å²) in [5, 5.41) is 29.3. The molecule has 0 bridgehead atoms. The van der Waals surface area contributed by atoms with Crippen molar-refractivity contribution >= 4 is 15.7 Å². The van der Waals surface area contributed by atoms with Crippen molar-refractivity contribution in [2.75, 3.05) is 13.1 Å². The molecule has 0 spiro atoms. The molecule has 1 fully saturated rings. The summed E-state index contributed by atoms with van der Waals surface area (Å²) in [6, 6.07) is 4.65. The summed E-state index contributed by atoms with van der Waals surface area (Å²) in [7, 11) is -3.95. The number of aliphatic hydroxyl groups excluding tert-OH is 2. The predicted octanol–water partition coefficient (Wildman–Crippen LogP) is -0.679. The van der Waals surface area contributed by atoms with Crippen LogP contribution >= 0.6 is 0 Å². The Morgan fingerprint density at radius 2 is 1.84 bits per heavy atom. The third-order valence-electron chi connectivity index (χ3n) is 2.89. The van der Waals surface area contributed by atoms with Crippen LogP contribution in [0.5, 0.6) is 0 Å². The molecule has 0 amide bonds. The molecule has 0 saturated carbocycles. The van der Waals surface area contributed by atoms with E-state index in [2.05, 4.69) is 0 Å². The van der Waals surface area contributed by atoms with Crippen molar-refractivity contribution < 1.29 is 23.6 Å². The zero-order chi connectivity index (χ0) is 14.2. The predicted molar refractivity (Wildman–Crippen MR) is 63.9 cm³/mol. The maximum Gasteiger partial charge on any atom is 0.270 e. The number of benzene rings is 1. The summed E-state index contributed by atoms with van der Waals surface area (Å²) in [5.41, 5.74) is -0.332. The minimum Gasteiger partial charge on any atom is -0.389 e. The minimum absolute atomic E-state index is 0.230. The lowest BCUT2D eigenvalue weighted by Gasteiger charge is -2.15. The Morgan fingerprint density at radius 1 is 1.26 bits per heavy atom. The van der Waals surface area contributed by atoms with Crippen LogP contribution in [-0.2, 0) is 10.0 Å². The molecule has 1 aromatic rings. The van der Waals surface area contributed by atoms with Gasteiger partial charge in [-0.1, -0.05) is 6.07 Å². The van der Waals surface area contributed by atoms with Crippen molar-refractivity contribution in [3.63, 3.8) is 0 Å². The van der Waals surface area contributed by atoms with Gasteiger partial charge in [0, 0.05) is 25.2 Å². The van der Waals surface area contributed by atoms with E-state index in [1.165, 1.54) is 18.2 Å². The number of aliphatic hydroxyl groups is 2. The molecule has 0 aromatic heterocycles. The molecular weight excluding hydrogens is 276 g/mol. The Morgan fingerprint density at radius 3 is 2.37 bits per heavy atom. The second kappa shape index (κ2) is 4.85. The Labute approximate surface area is 109 Å². The van der Waals surface area contributed by atoms with Gasteiger partial charge in [-0.3, -0.25) is 10.1 Å². The Kier molecular flexibility index (Phi) is 3.54. The lowest BCUT2D eigenvalue weighted by molar-refractivity contribution is -0.385. The van der Waals surface area contributed by atoms with Gasteiger partial charge in [0.15, 0.2) is 0 Å². The normalized spacial score (nSPS) is 24.5. The molecular formula is C10H12N2O6S. The average Bonchev–Trinajstić information content (AvgIpc) is 2.70. The number of sulfonamides is 1. The van der Waals surface area contributed by atoms with Gasteiger partial charge in [-0.25, -0.2) is 8.42 Å². The standard InChI is InChI=1S/C10H12N2O6S/c13-9-5-11(6-10(9)14)19(17,18)8-3-1-2-7(4-8)12(15)16/h1-4,9-10,13-14H,5-6H2. The van der Waals surface area contributed by atoms with Gasteiger partial charge < -0.3 is 10.2 Å². The van der Waals surface area contributed by atoms with Crippen LogP contribution in [-0.4, -0.2) is 53.2 Å². The summed E-state index contributed by atoms with van der Waals surface area (Å²) in [6.07, 6.45) is -2.29. The van der Waals surface area contributed by atoms with Gasteiger partial charge in [-0.05, 0) is 6.07 Å². The van der Waals surface area contributed by atoms with Crippen molar-refractivity contribution in [3.8, 4) is 0 Å². The number of rotatable bonds is 3. The smallest absolute Gasteiger partial charge is 0.270 e. The van der Waals surface area contributed by atoms with Gasteiger partial charge in [0.1, 0.15) is 0 Å². The summed E-state index contributed by atoms with van der Waals surface area (Å²) in [5.74, 6) is 0. The molecule has 1 saturated heterocycles. The van der Waals surface area contributed by atoms with Crippen molar-refractivity contribution in [2.45, 2.75) is 17.1 Å². The fourth-order valence-electron chi connectivity index (χ4n) is 1.84. The lowest BCUT2D eigenvalue weighted by Crippen LogP contribution is -2.30. The second-order valence-corrected chi connectivity index (χ2v) is 6.15. The first-order valence-electron chi connectivity index (χ1n) is 5.43. The molecule has 1 aliphatic rings. The molecule has 0 radical (unpaired) electrons. The number of nitro benzene ring substituents is 1. The van der Waals surface area contributed by atoms with E-state index in [4.69, 9.17) is 0 Å². The first-order chi connectivity index (χ1) is 8.82. The third-order valence-corrected chi connectivity index (χ3v) is 4.72. The topological polar surface area (TPSA) is 121 Å². The zero-order valence-electron chi connectivity index (χ0n) is 9.71. The van der Waals surface area contributed by atoms with E-state index < -0.39 is 27.2 Å². The molecule has 1 heterocycles. The number of nitrogens with zero attached hydrogens (tertiary/aromatic N) is 2. The maximum absolute atomic E-state index is 12.2. The quantitative estimate of drug-likeness (QED) is 0.561. The molecule has 1 aliphatic heterocycles. The van der Waals surface area contributed by atoms with Crippen molar-refractivity contribution in [2.24, 2.45) is 0 Å². The van der Waals surface area contributed by atoms with E-state index in [-0.39, 0.29) is 23.7 Å². The molecule has 2 rings (SSSR count). The first-order valence-corrected chi connectivity index (χ1v) is 6.87. The van der Waals surface area contributed by atoms with Crippen LogP contribution in [0.25, 0.3) is 0 Å². The van der Waals surface area contributed by atoms with Gasteiger partial charge in [-0.15, -0.1) is 0 Å². The largest absolute Gasteiger partial charge is 0.389 e. The summed E-state index contributed by atoms with van der Waals surface area (Å²) in [6.45, 7) is -0.460. The Hall–Kier alpha value is -1.55. The van der Waals surface area contributed by atoms with Gasteiger partial charge in [-0.2, -0.15) is 4.31 Å². The summed E-state index contributed by atoms with van der Waals surface area (Å²) >= 11 is 0. The highest BCUT2D eigenvalue weighted by Crippen LogP contribution is 2.24. The van der Waals surface area contributed by atoms with Crippen LogP contribution < -0.4 is 0 Å². The first kappa shape index (κ1) is 13.9. The molecule has 9 heteroatoms. The molecule has 2 unspecified atom stereocenters. The fourth-order valence-corrected chi connectivity index (χ4v) is 3.35. The molecule has 2 N–H and O–H groups in total. The van der Waals surface area contributed by atoms with Crippen LogP contribution in [0.4, 0.5) is 5.69 Å². The van der Waals surface area contributed by atoms with Crippen LogP contribution in [0.3, 0.4) is 0 Å². The summed E-state index contributed by atoms with van der Waals surface area (Å²) < 4.78 is 25.3. The molecule has 104 valence electrons. The second-order valence-electron chi connectivity index (χ2n) is 4.21. The van der Waals surface area contributed by atoms with Gasteiger partial charge >= 0.3 is 0 Å². The highest BCUT2D eigenvalue weighted by Gasteiger charge is 2.37. The highest BCUT2D eigenvalue weighted by molar-refractivity contribution is 7.89. The van der Waals surface area contributed by atoms with E-state index >= 15 is 0 Å². The highest BCUT2D eigenvalue weighted by atomic mass is 32.2. The molecule has 0 aliphatic carbocycles. The molecule has 19 heavy (non-hydrogen) atoms. The zero-order valence-corrected chi connectivity index (χ0v) is 10.5. The number of non-ortho nitro benzene ring substituents is 1. The van der Waals surface area contributed by atoms with Crippen molar-refractivity contribution in [1.82, 2.24) is 4.31 Å². The van der Waals surface area contributed by atoms with Gasteiger partial charge in [0.25, 0.3) is 5.69 Å². The molecule has 1 aromatic carbocycles. The SMILES string of the molecule is O=[N+]([O-])c1cccc(S(=O)(=O)N2CC(O)C(O)C2)c1. The third kappa shape index (κ3) is 2.59. The van der Waals surface area contributed by atoms with E-state index in [0.717, 1.165) is 10.4 Å². The Balaban J connectivity index is 2.35. The number of hydrogen-bond acceptors (Lipinski definition) is 6. The van der Waals surface area contributed by atoms with Gasteiger partial charge in [0.05, 0.1) is 22.0 Å². The summed E-state index contributed by atoms with van der Waals surface area (Å²) in [4.78, 5) is 9.70. The van der Waals surface area contributed by atoms with Gasteiger partial charge in [0.2, 0.25) is 10.0 Å². The maximum atomic E-state index is 12.2. The monoisotopic (exact) mass is 288 g/mol. The average molecular weight is 288 g/mol. The van der Waals surface area contributed by atoms with Crippen LogP contribution in [0.1, 0.15) is 0 Å². The number of nitro groups is 1. The van der Waals surface area contributed by atoms with E-state index in [9.17, 15) is 28.7 Å². The number of β-amino-alcohol motifs (C(OH)–C–C–N with tert-alkyl or cyclic N) is 2. The molecule has 2 atom stereocenters. The van der Waals surface area contributed by atoms with Crippen LogP contribution in [0.15, 0.2) is 29.2 Å². The number of hydrogen-bond donors (Lipinski definition) is 2. The molecule has 8 nitrogen and oxygen atoms in total. The van der Waals surface area contributed by atoms with E-state index in [0.29, 0.717) is 0 Å². The van der Waals surface area contributed by atoms with E-state index in [1.807, 2.05) is 0 Å². The van der Waals surface area contributed by atoms with Crippen molar-refractivity contribution in [1.29, 1.82) is 0 Å². The van der Waals surface area contributed by atoms with Crippen molar-refractivity contribution in [3.05, 3.63) is 34.4 Å². The van der Waals surface area contributed by atoms with Crippen LogP contribution in [0.2, 0.25) is 0 Å². The lowest BCUT2D eigenvalue weighted by atomic mass is 10.3. The fraction of sp³-hybridized carbons (Fsp3) is 0.400. The van der Waals surface area contributed by atoms with E-state index in [1.54, 1.807) is 0 Å². The Bertz CT molecular complexity index is 592.